The Bertz CT molecular complexity index is 547. The second-order valence-electron chi connectivity index (χ2n) is 4.81. The van der Waals surface area contributed by atoms with E-state index in [0.29, 0.717) is 15.4 Å². The second kappa shape index (κ2) is 5.49. The lowest BCUT2D eigenvalue weighted by molar-refractivity contribution is 0.538. The molecule has 100 valence electrons. The minimum absolute atomic E-state index is 0.0550. The number of hydrogen-bond donors (Lipinski definition) is 1. The molecule has 1 fully saturated rings. The lowest BCUT2D eigenvalue weighted by Crippen LogP contribution is -2.32. The van der Waals surface area contributed by atoms with Crippen LogP contribution < -0.4 is 4.72 Å². The Morgan fingerprint density at radius 2 is 2.11 bits per heavy atom. The van der Waals surface area contributed by atoms with Crippen molar-refractivity contribution < 1.29 is 8.42 Å². The Hall–Kier alpha value is -0.100. The molecule has 0 bridgehead atoms. The van der Waals surface area contributed by atoms with Crippen molar-refractivity contribution in [3.8, 4) is 0 Å². The van der Waals surface area contributed by atoms with E-state index >= 15 is 0 Å². The van der Waals surface area contributed by atoms with E-state index in [2.05, 4.69) is 27.6 Å². The van der Waals surface area contributed by atoms with Gasteiger partial charge in [0.25, 0.3) is 0 Å². The number of benzene rings is 1. The van der Waals surface area contributed by atoms with Crippen LogP contribution >= 0.6 is 27.5 Å². The van der Waals surface area contributed by atoms with Crippen LogP contribution in [-0.4, -0.2) is 14.5 Å². The second-order valence-corrected chi connectivity index (χ2v) is 7.79. The van der Waals surface area contributed by atoms with Gasteiger partial charge in [-0.2, -0.15) is 0 Å². The lowest BCUT2D eigenvalue weighted by Gasteiger charge is -2.13. The monoisotopic (exact) mass is 351 g/mol. The van der Waals surface area contributed by atoms with Crippen LogP contribution in [0.4, 0.5) is 0 Å². The molecule has 1 aliphatic carbocycles. The number of halogens is 2. The van der Waals surface area contributed by atoms with Crippen LogP contribution in [0.3, 0.4) is 0 Å². The fraction of sp³-hybridized carbons (Fsp3) is 0.500. The van der Waals surface area contributed by atoms with Crippen molar-refractivity contribution in [3.63, 3.8) is 0 Å². The zero-order chi connectivity index (χ0) is 13.3. The normalized spacial score (nSPS) is 24.4. The summed E-state index contributed by atoms with van der Waals surface area (Å²) >= 11 is 9.09. The highest BCUT2D eigenvalue weighted by atomic mass is 79.9. The average molecular weight is 353 g/mol. The van der Waals surface area contributed by atoms with E-state index in [-0.39, 0.29) is 10.9 Å². The van der Waals surface area contributed by atoms with E-state index in [1.54, 1.807) is 6.07 Å². The predicted molar refractivity (Wildman–Crippen MR) is 76.3 cm³/mol. The van der Waals surface area contributed by atoms with Gasteiger partial charge in [-0.15, -0.1) is 0 Å². The first-order chi connectivity index (χ1) is 8.38. The molecule has 1 saturated carbocycles. The summed E-state index contributed by atoms with van der Waals surface area (Å²) in [7, 11) is -3.45. The van der Waals surface area contributed by atoms with Crippen molar-refractivity contribution in [3.05, 3.63) is 27.7 Å². The smallest absolute Gasteiger partial charge is 0.208 e. The Morgan fingerprint density at radius 1 is 1.39 bits per heavy atom. The molecule has 0 amide bonds. The first kappa shape index (κ1) is 14.3. The van der Waals surface area contributed by atoms with Crippen LogP contribution in [0.25, 0.3) is 0 Å². The van der Waals surface area contributed by atoms with Crippen molar-refractivity contribution in [2.24, 2.45) is 5.92 Å². The molecular weight excluding hydrogens is 338 g/mol. The van der Waals surface area contributed by atoms with Gasteiger partial charge in [-0.25, -0.2) is 13.1 Å². The van der Waals surface area contributed by atoms with Gasteiger partial charge in [0, 0.05) is 10.5 Å². The van der Waals surface area contributed by atoms with Crippen LogP contribution in [-0.2, 0) is 10.0 Å². The molecule has 0 aromatic heterocycles. The van der Waals surface area contributed by atoms with E-state index in [4.69, 9.17) is 11.6 Å². The first-order valence-corrected chi connectivity index (χ1v) is 8.51. The molecule has 18 heavy (non-hydrogen) atoms. The molecular formula is C12H15BrClNO2S. The molecule has 1 aromatic rings. The predicted octanol–water partition coefficient (Wildman–Crippen LogP) is 3.57. The van der Waals surface area contributed by atoms with E-state index in [0.717, 1.165) is 19.3 Å². The molecule has 2 unspecified atom stereocenters. The highest BCUT2D eigenvalue weighted by molar-refractivity contribution is 9.10. The Morgan fingerprint density at radius 3 is 2.67 bits per heavy atom. The zero-order valence-electron chi connectivity index (χ0n) is 9.99. The summed E-state index contributed by atoms with van der Waals surface area (Å²) in [6.45, 7) is 2.15. The third-order valence-electron chi connectivity index (χ3n) is 3.22. The van der Waals surface area contributed by atoms with Crippen LogP contribution in [0.2, 0.25) is 5.02 Å². The highest BCUT2D eigenvalue weighted by Gasteiger charge is 2.26. The van der Waals surface area contributed by atoms with Gasteiger partial charge in [-0.05, 0) is 59.3 Å². The minimum atomic E-state index is -3.45. The molecule has 0 spiro atoms. The molecule has 1 aliphatic rings. The number of nitrogens with one attached hydrogen (secondary N) is 1. The van der Waals surface area contributed by atoms with E-state index < -0.39 is 10.0 Å². The summed E-state index contributed by atoms with van der Waals surface area (Å²) in [5, 5.41) is 0.503. The van der Waals surface area contributed by atoms with Crippen molar-refractivity contribution >= 4 is 37.6 Å². The summed E-state index contributed by atoms with van der Waals surface area (Å²) in [5.41, 5.74) is 0. The SMILES string of the molecule is CC1CCC(NS(=O)(=O)c2ccc(Cl)c(Br)c2)C1. The van der Waals surface area contributed by atoms with Gasteiger partial charge in [-0.1, -0.05) is 18.5 Å². The number of hydrogen-bond acceptors (Lipinski definition) is 2. The Balaban J connectivity index is 2.17. The molecule has 2 rings (SSSR count). The molecule has 1 aromatic carbocycles. The third kappa shape index (κ3) is 3.26. The van der Waals surface area contributed by atoms with Crippen LogP contribution in [0.5, 0.6) is 0 Å². The van der Waals surface area contributed by atoms with Crippen molar-refractivity contribution in [2.75, 3.05) is 0 Å². The van der Waals surface area contributed by atoms with Crippen LogP contribution in [0.15, 0.2) is 27.6 Å². The molecule has 0 saturated heterocycles. The van der Waals surface area contributed by atoms with Crippen molar-refractivity contribution in [1.29, 1.82) is 0 Å². The fourth-order valence-corrected chi connectivity index (χ4v) is 4.20. The third-order valence-corrected chi connectivity index (χ3v) is 5.95. The van der Waals surface area contributed by atoms with E-state index in [9.17, 15) is 8.42 Å². The molecule has 3 nitrogen and oxygen atoms in total. The quantitative estimate of drug-likeness (QED) is 0.904. The van der Waals surface area contributed by atoms with Crippen molar-refractivity contribution in [1.82, 2.24) is 4.72 Å². The number of rotatable bonds is 3. The van der Waals surface area contributed by atoms with Gasteiger partial charge < -0.3 is 0 Å². The van der Waals surface area contributed by atoms with Gasteiger partial charge in [0.1, 0.15) is 0 Å². The molecule has 0 radical (unpaired) electrons. The maximum Gasteiger partial charge on any atom is 0.240 e. The molecule has 2 atom stereocenters. The van der Waals surface area contributed by atoms with E-state index in [1.807, 2.05) is 0 Å². The summed E-state index contributed by atoms with van der Waals surface area (Å²) in [6, 6.07) is 4.69. The summed E-state index contributed by atoms with van der Waals surface area (Å²) in [4.78, 5) is 0.248. The van der Waals surface area contributed by atoms with Gasteiger partial charge >= 0.3 is 0 Å². The molecule has 0 aliphatic heterocycles. The van der Waals surface area contributed by atoms with Gasteiger partial charge in [-0.3, -0.25) is 0 Å². The zero-order valence-corrected chi connectivity index (χ0v) is 13.1. The van der Waals surface area contributed by atoms with E-state index in [1.165, 1.54) is 12.1 Å². The summed E-state index contributed by atoms with van der Waals surface area (Å²) in [5.74, 6) is 0.592. The lowest BCUT2D eigenvalue weighted by atomic mass is 10.1. The standard InChI is InChI=1S/C12H15BrClNO2S/c1-8-2-3-9(6-8)15-18(16,17)10-4-5-12(14)11(13)7-10/h4-5,7-9,15H,2-3,6H2,1H3. The maximum atomic E-state index is 12.2. The van der Waals surface area contributed by atoms with Gasteiger partial charge in [0.05, 0.1) is 9.92 Å². The minimum Gasteiger partial charge on any atom is -0.208 e. The molecule has 1 N–H and O–H groups in total. The summed E-state index contributed by atoms with van der Waals surface area (Å²) < 4.78 is 27.7. The maximum absolute atomic E-state index is 12.2. The Kier molecular flexibility index (Phi) is 4.36. The molecule has 0 heterocycles. The topological polar surface area (TPSA) is 46.2 Å². The van der Waals surface area contributed by atoms with Crippen LogP contribution in [0.1, 0.15) is 26.2 Å². The highest BCUT2D eigenvalue weighted by Crippen LogP contribution is 2.28. The fourth-order valence-electron chi connectivity index (χ4n) is 2.25. The van der Waals surface area contributed by atoms with Crippen molar-refractivity contribution in [2.45, 2.75) is 37.1 Å². The average Bonchev–Trinajstić information content (AvgIpc) is 2.67. The number of sulfonamides is 1. The largest absolute Gasteiger partial charge is 0.240 e. The van der Waals surface area contributed by atoms with Gasteiger partial charge in [0.2, 0.25) is 10.0 Å². The summed E-state index contributed by atoms with van der Waals surface area (Å²) in [6.07, 6.45) is 2.90. The molecule has 6 heteroatoms. The van der Waals surface area contributed by atoms with Gasteiger partial charge in [0.15, 0.2) is 0 Å². The van der Waals surface area contributed by atoms with Crippen LogP contribution in [0, 0.1) is 5.92 Å². The first-order valence-electron chi connectivity index (χ1n) is 5.86. The Labute approximate surface area is 121 Å².